The van der Waals surface area contributed by atoms with Crippen molar-refractivity contribution in [3.63, 3.8) is 0 Å². The molecular formula is C16H23NO3S. The molecule has 2 aromatic rings. The van der Waals surface area contributed by atoms with Gasteiger partial charge in [-0.15, -0.1) is 0 Å². The molecule has 0 saturated heterocycles. The second-order valence-corrected chi connectivity index (χ2v) is 7.76. The number of rotatable bonds is 6. The zero-order chi connectivity index (χ0) is 15.6. The number of hydrogen-bond acceptors (Lipinski definition) is 4. The minimum absolute atomic E-state index is 0.261. The highest BCUT2D eigenvalue weighted by atomic mass is 32.2. The van der Waals surface area contributed by atoms with Crippen molar-refractivity contribution in [1.29, 1.82) is 0 Å². The number of hydrogen-bond donors (Lipinski definition) is 1. The summed E-state index contributed by atoms with van der Waals surface area (Å²) in [5.74, 6) is 0.859. The average molecular weight is 309 g/mol. The molecule has 0 saturated carbocycles. The van der Waals surface area contributed by atoms with Gasteiger partial charge in [0, 0.05) is 23.6 Å². The third-order valence-electron chi connectivity index (χ3n) is 3.91. The van der Waals surface area contributed by atoms with Gasteiger partial charge < -0.3 is 9.73 Å². The third kappa shape index (κ3) is 3.14. The molecule has 2 rings (SSSR count). The van der Waals surface area contributed by atoms with Crippen molar-refractivity contribution in [1.82, 2.24) is 5.32 Å². The molecule has 1 N–H and O–H groups in total. The van der Waals surface area contributed by atoms with Crippen molar-refractivity contribution < 1.29 is 12.8 Å². The van der Waals surface area contributed by atoms with Gasteiger partial charge in [-0.25, -0.2) is 8.42 Å². The smallest absolute Gasteiger partial charge is 0.151 e. The predicted octanol–water partition coefficient (Wildman–Crippen LogP) is 3.08. The van der Waals surface area contributed by atoms with Crippen LogP contribution in [0.25, 0.3) is 11.0 Å². The molecule has 0 amide bonds. The zero-order valence-electron chi connectivity index (χ0n) is 13.0. The molecule has 0 aliphatic rings. The largest absolute Gasteiger partial charge is 0.461 e. The van der Waals surface area contributed by atoms with E-state index >= 15 is 0 Å². The second kappa shape index (κ2) is 6.20. The van der Waals surface area contributed by atoms with Crippen LogP contribution in [0.1, 0.15) is 38.1 Å². The number of aryl methyl sites for hydroxylation is 1. The first kappa shape index (κ1) is 16.0. The van der Waals surface area contributed by atoms with E-state index in [1.165, 1.54) is 6.26 Å². The van der Waals surface area contributed by atoms with Crippen molar-refractivity contribution in [2.45, 2.75) is 38.5 Å². The van der Waals surface area contributed by atoms with Crippen LogP contribution in [-0.4, -0.2) is 26.5 Å². The Labute approximate surface area is 126 Å². The molecule has 0 fully saturated rings. The highest BCUT2D eigenvalue weighted by molar-refractivity contribution is 7.91. The normalized spacial score (nSPS) is 15.2. The highest BCUT2D eigenvalue weighted by Gasteiger charge is 2.31. The van der Waals surface area contributed by atoms with E-state index in [4.69, 9.17) is 4.42 Å². The van der Waals surface area contributed by atoms with Crippen molar-refractivity contribution in [2.24, 2.45) is 0 Å². The number of fused-ring (bicyclic) bond motifs is 1. The monoisotopic (exact) mass is 309 g/mol. The van der Waals surface area contributed by atoms with E-state index in [0.29, 0.717) is 6.54 Å². The summed E-state index contributed by atoms with van der Waals surface area (Å²) in [5, 5.41) is 3.80. The summed E-state index contributed by atoms with van der Waals surface area (Å²) in [6, 6.07) is 7.54. The molecule has 1 aromatic carbocycles. The van der Waals surface area contributed by atoms with Gasteiger partial charge in [0.25, 0.3) is 0 Å². The van der Waals surface area contributed by atoms with Crippen LogP contribution in [0.4, 0.5) is 0 Å². The average Bonchev–Trinajstić information content (AvgIpc) is 2.81. The van der Waals surface area contributed by atoms with Crippen LogP contribution >= 0.6 is 0 Å². The number of nitrogens with one attached hydrogen (secondary N) is 1. The molecule has 2 unspecified atom stereocenters. The summed E-state index contributed by atoms with van der Waals surface area (Å²) < 4.78 is 29.9. The maximum absolute atomic E-state index is 12.0. The van der Waals surface area contributed by atoms with Crippen LogP contribution in [0.2, 0.25) is 0 Å². The summed E-state index contributed by atoms with van der Waals surface area (Å²) in [4.78, 5) is 0. The molecule has 5 heteroatoms. The van der Waals surface area contributed by atoms with Gasteiger partial charge in [-0.05, 0) is 19.5 Å². The van der Waals surface area contributed by atoms with Gasteiger partial charge in [0.15, 0.2) is 9.84 Å². The van der Waals surface area contributed by atoms with Crippen LogP contribution in [0.3, 0.4) is 0 Å². The lowest BCUT2D eigenvalue weighted by Crippen LogP contribution is -2.35. The Morgan fingerprint density at radius 3 is 2.48 bits per heavy atom. The second-order valence-electron chi connectivity index (χ2n) is 5.36. The summed E-state index contributed by atoms with van der Waals surface area (Å²) in [6.07, 6.45) is 2.03. The first-order valence-corrected chi connectivity index (χ1v) is 9.28. The minimum Gasteiger partial charge on any atom is -0.461 e. The molecule has 1 heterocycles. The molecule has 4 nitrogen and oxygen atoms in total. The fourth-order valence-electron chi connectivity index (χ4n) is 2.69. The lowest BCUT2D eigenvalue weighted by Gasteiger charge is -2.24. The van der Waals surface area contributed by atoms with Crippen molar-refractivity contribution in [3.05, 3.63) is 35.6 Å². The van der Waals surface area contributed by atoms with Crippen LogP contribution in [0.5, 0.6) is 0 Å². The summed E-state index contributed by atoms with van der Waals surface area (Å²) in [5.41, 5.74) is 1.79. The Bertz CT molecular complexity index is 718. The molecule has 0 bridgehead atoms. The van der Waals surface area contributed by atoms with E-state index in [1.807, 2.05) is 38.1 Å². The molecule has 0 aliphatic carbocycles. The molecule has 21 heavy (non-hydrogen) atoms. The number of sulfone groups is 1. The Hall–Kier alpha value is -1.33. The summed E-state index contributed by atoms with van der Waals surface area (Å²) in [7, 11) is -3.15. The van der Waals surface area contributed by atoms with Crippen LogP contribution in [-0.2, 0) is 16.3 Å². The maximum atomic E-state index is 12.0. The van der Waals surface area contributed by atoms with Gasteiger partial charge in [-0.3, -0.25) is 0 Å². The first-order chi connectivity index (χ1) is 9.90. The highest BCUT2D eigenvalue weighted by Crippen LogP contribution is 2.34. The van der Waals surface area contributed by atoms with E-state index in [2.05, 4.69) is 5.32 Å². The lowest BCUT2D eigenvalue weighted by atomic mass is 9.99. The zero-order valence-corrected chi connectivity index (χ0v) is 13.8. The van der Waals surface area contributed by atoms with Gasteiger partial charge in [0.05, 0.1) is 11.3 Å². The molecule has 0 radical (unpaired) electrons. The van der Waals surface area contributed by atoms with Gasteiger partial charge >= 0.3 is 0 Å². The Morgan fingerprint density at radius 1 is 1.24 bits per heavy atom. The molecule has 0 spiro atoms. The maximum Gasteiger partial charge on any atom is 0.151 e. The SMILES string of the molecule is CCNC(c1c(CC)oc2ccccc12)C(C)S(C)(=O)=O. The topological polar surface area (TPSA) is 59.3 Å². The summed E-state index contributed by atoms with van der Waals surface area (Å²) in [6.45, 7) is 6.46. The van der Waals surface area contributed by atoms with Crippen molar-refractivity contribution in [2.75, 3.05) is 12.8 Å². The number of para-hydroxylation sites is 1. The van der Waals surface area contributed by atoms with Crippen LogP contribution in [0.15, 0.2) is 28.7 Å². The van der Waals surface area contributed by atoms with E-state index in [0.717, 1.165) is 28.7 Å². The fraction of sp³-hybridized carbons (Fsp3) is 0.500. The Balaban J connectivity index is 2.64. The van der Waals surface area contributed by atoms with Gasteiger partial charge in [0.2, 0.25) is 0 Å². The van der Waals surface area contributed by atoms with Crippen LogP contribution in [0, 0.1) is 0 Å². The number of benzene rings is 1. The number of furan rings is 1. The lowest BCUT2D eigenvalue weighted by molar-refractivity contribution is 0.490. The van der Waals surface area contributed by atoms with Gasteiger partial charge in [-0.1, -0.05) is 32.0 Å². The van der Waals surface area contributed by atoms with Crippen molar-refractivity contribution in [3.8, 4) is 0 Å². The molecular weight excluding hydrogens is 286 g/mol. The standard InChI is InChI=1S/C16H23NO3S/c1-5-13-15(12-9-7-8-10-14(12)20-13)16(17-6-2)11(3)21(4,18)19/h7-11,16-17H,5-6H2,1-4H3. The van der Waals surface area contributed by atoms with E-state index < -0.39 is 15.1 Å². The Morgan fingerprint density at radius 2 is 1.90 bits per heavy atom. The predicted molar refractivity (Wildman–Crippen MR) is 86.3 cm³/mol. The molecule has 2 atom stereocenters. The van der Waals surface area contributed by atoms with E-state index in [1.54, 1.807) is 6.92 Å². The minimum atomic E-state index is -3.15. The van der Waals surface area contributed by atoms with Gasteiger partial charge in [0.1, 0.15) is 11.3 Å². The van der Waals surface area contributed by atoms with E-state index in [-0.39, 0.29) is 6.04 Å². The summed E-state index contributed by atoms with van der Waals surface area (Å²) >= 11 is 0. The Kier molecular flexibility index (Phi) is 4.74. The molecule has 0 aliphatic heterocycles. The quantitative estimate of drug-likeness (QED) is 0.891. The van der Waals surface area contributed by atoms with Crippen LogP contribution < -0.4 is 5.32 Å². The van der Waals surface area contributed by atoms with Crippen molar-refractivity contribution >= 4 is 20.8 Å². The third-order valence-corrected chi connectivity index (χ3v) is 5.53. The fourth-order valence-corrected chi connectivity index (χ4v) is 3.42. The van der Waals surface area contributed by atoms with Gasteiger partial charge in [-0.2, -0.15) is 0 Å². The first-order valence-electron chi connectivity index (χ1n) is 7.32. The molecule has 1 aromatic heterocycles. The molecule has 116 valence electrons. The van der Waals surface area contributed by atoms with E-state index in [9.17, 15) is 8.42 Å².